The maximum Gasteiger partial charge on any atom is 0.407 e. The van der Waals surface area contributed by atoms with E-state index < -0.39 is 18.1 Å². The molecule has 7 nitrogen and oxygen atoms in total. The van der Waals surface area contributed by atoms with Crippen LogP contribution in [0.4, 0.5) is 4.79 Å². The van der Waals surface area contributed by atoms with Gasteiger partial charge in [-0.25, -0.2) is 4.79 Å². The summed E-state index contributed by atoms with van der Waals surface area (Å²) in [6, 6.07) is 15.5. The van der Waals surface area contributed by atoms with Gasteiger partial charge in [0.1, 0.15) is 6.61 Å². The van der Waals surface area contributed by atoms with Crippen LogP contribution in [-0.2, 0) is 14.3 Å². The summed E-state index contributed by atoms with van der Waals surface area (Å²) in [5.74, 6) is -1.23. The molecular weight excluding hydrogens is 444 g/mol. The van der Waals surface area contributed by atoms with Gasteiger partial charge in [0, 0.05) is 24.4 Å². The number of hydrogen-bond donors (Lipinski definition) is 3. The minimum atomic E-state index is -0.942. The Morgan fingerprint density at radius 3 is 2.03 bits per heavy atom. The van der Waals surface area contributed by atoms with Crippen molar-refractivity contribution >= 4 is 18.0 Å². The summed E-state index contributed by atoms with van der Waals surface area (Å²) < 4.78 is 5.64. The molecule has 3 N–H and O–H groups in total. The van der Waals surface area contributed by atoms with Crippen molar-refractivity contribution in [3.05, 3.63) is 59.7 Å². The number of alkyl carbamates (subject to hydrolysis) is 1. The van der Waals surface area contributed by atoms with Gasteiger partial charge in [-0.1, -0.05) is 81.6 Å². The summed E-state index contributed by atoms with van der Waals surface area (Å²) in [6.07, 6.45) is 3.23. The molecule has 1 unspecified atom stereocenters. The molecule has 0 heterocycles. The number of benzene rings is 2. The van der Waals surface area contributed by atoms with Gasteiger partial charge in [-0.05, 0) is 35.1 Å². The molecule has 0 saturated carbocycles. The third-order valence-corrected chi connectivity index (χ3v) is 6.43. The number of fused-ring (bicyclic) bond motifs is 3. The maximum absolute atomic E-state index is 12.7. The van der Waals surface area contributed by atoms with E-state index in [9.17, 15) is 14.4 Å². The van der Waals surface area contributed by atoms with Crippen molar-refractivity contribution in [2.75, 3.05) is 6.61 Å². The van der Waals surface area contributed by atoms with E-state index in [0.717, 1.165) is 41.5 Å². The van der Waals surface area contributed by atoms with Crippen LogP contribution in [0.3, 0.4) is 0 Å². The lowest BCUT2D eigenvalue weighted by atomic mass is 9.98. The Labute approximate surface area is 207 Å². The van der Waals surface area contributed by atoms with Gasteiger partial charge in [0.2, 0.25) is 5.91 Å². The molecular formula is C28H36N2O5. The van der Waals surface area contributed by atoms with Gasteiger partial charge in [0.25, 0.3) is 0 Å². The molecule has 0 radical (unpaired) electrons. The molecule has 35 heavy (non-hydrogen) atoms. The van der Waals surface area contributed by atoms with Crippen LogP contribution in [0.25, 0.3) is 11.1 Å². The predicted octanol–water partition coefficient (Wildman–Crippen LogP) is 5.23. The zero-order valence-electron chi connectivity index (χ0n) is 20.6. The average molecular weight is 481 g/mol. The fourth-order valence-corrected chi connectivity index (χ4v) is 4.78. The lowest BCUT2D eigenvalue weighted by Crippen LogP contribution is -2.43. The lowest BCUT2D eigenvalue weighted by Gasteiger charge is -2.21. The Morgan fingerprint density at radius 2 is 1.46 bits per heavy atom. The third-order valence-electron chi connectivity index (χ3n) is 6.43. The Morgan fingerprint density at radius 1 is 0.857 bits per heavy atom. The molecule has 2 aromatic rings. The number of rotatable bonds is 13. The van der Waals surface area contributed by atoms with Crippen molar-refractivity contribution in [1.82, 2.24) is 10.6 Å². The van der Waals surface area contributed by atoms with E-state index in [-0.39, 0.29) is 37.3 Å². The van der Waals surface area contributed by atoms with E-state index in [4.69, 9.17) is 9.84 Å². The van der Waals surface area contributed by atoms with E-state index in [1.54, 1.807) is 0 Å². The molecule has 1 aliphatic carbocycles. The summed E-state index contributed by atoms with van der Waals surface area (Å²) >= 11 is 0. The maximum atomic E-state index is 12.7. The first-order chi connectivity index (χ1) is 16.9. The van der Waals surface area contributed by atoms with Crippen LogP contribution < -0.4 is 10.6 Å². The van der Waals surface area contributed by atoms with Crippen molar-refractivity contribution in [3.8, 4) is 11.1 Å². The molecule has 2 atom stereocenters. The van der Waals surface area contributed by atoms with E-state index >= 15 is 0 Å². The molecule has 1 aliphatic rings. The van der Waals surface area contributed by atoms with Crippen molar-refractivity contribution in [2.24, 2.45) is 0 Å². The largest absolute Gasteiger partial charge is 0.481 e. The van der Waals surface area contributed by atoms with Crippen LogP contribution >= 0.6 is 0 Å². The highest BCUT2D eigenvalue weighted by molar-refractivity contribution is 5.80. The zero-order chi connectivity index (χ0) is 25.2. The highest BCUT2D eigenvalue weighted by Crippen LogP contribution is 2.44. The number of carboxylic acids is 1. The van der Waals surface area contributed by atoms with E-state index in [2.05, 4.69) is 41.8 Å². The molecule has 0 aliphatic heterocycles. The number of amides is 2. The van der Waals surface area contributed by atoms with Crippen LogP contribution in [0.5, 0.6) is 0 Å². The van der Waals surface area contributed by atoms with E-state index in [1.165, 1.54) is 0 Å². The van der Waals surface area contributed by atoms with Crippen LogP contribution in [-0.4, -0.2) is 41.8 Å². The minimum absolute atomic E-state index is 0.0311. The number of aliphatic carboxylic acids is 1. The van der Waals surface area contributed by atoms with Crippen LogP contribution in [0.2, 0.25) is 0 Å². The number of carboxylic acid groups (broad SMARTS) is 1. The number of hydrogen-bond acceptors (Lipinski definition) is 4. The van der Waals surface area contributed by atoms with Crippen molar-refractivity contribution < 1.29 is 24.2 Å². The smallest absolute Gasteiger partial charge is 0.407 e. The van der Waals surface area contributed by atoms with Crippen LogP contribution in [0, 0.1) is 0 Å². The Balaban J connectivity index is 1.59. The Bertz CT molecular complexity index is 976. The van der Waals surface area contributed by atoms with Crippen LogP contribution in [0.1, 0.15) is 75.8 Å². The van der Waals surface area contributed by atoms with E-state index in [0.29, 0.717) is 12.8 Å². The zero-order valence-corrected chi connectivity index (χ0v) is 20.6. The summed E-state index contributed by atoms with van der Waals surface area (Å²) in [5.41, 5.74) is 4.61. The molecule has 2 aromatic carbocycles. The molecule has 0 saturated heterocycles. The van der Waals surface area contributed by atoms with Gasteiger partial charge >= 0.3 is 12.1 Å². The monoisotopic (exact) mass is 480 g/mol. The first kappa shape index (κ1) is 26.3. The standard InChI is InChI=1S/C28H36N2O5/c1-3-5-11-20(16-26(31)29-19(10-4-2)17-27(32)33)30-28(34)35-18-25-23-14-8-6-12-21(23)22-13-7-9-15-24(22)25/h6-9,12-15,19-20,25H,3-5,10-11,16-18H2,1-2H3,(H,29,31)(H,30,34)(H,32,33)/t19?,20-/m0/s1. The quantitative estimate of drug-likeness (QED) is 0.364. The number of unbranched alkanes of at least 4 members (excludes halogenated alkanes) is 1. The Hall–Kier alpha value is -3.35. The second-order valence-electron chi connectivity index (χ2n) is 9.16. The predicted molar refractivity (Wildman–Crippen MR) is 135 cm³/mol. The molecule has 3 rings (SSSR count). The molecule has 0 bridgehead atoms. The second kappa shape index (κ2) is 12.9. The molecule has 0 spiro atoms. The molecule has 0 fully saturated rings. The van der Waals surface area contributed by atoms with Crippen molar-refractivity contribution in [3.63, 3.8) is 0 Å². The van der Waals surface area contributed by atoms with Gasteiger partial charge in [-0.2, -0.15) is 0 Å². The van der Waals surface area contributed by atoms with Gasteiger partial charge in [-0.3, -0.25) is 9.59 Å². The highest BCUT2D eigenvalue weighted by atomic mass is 16.5. The topological polar surface area (TPSA) is 105 Å². The van der Waals surface area contributed by atoms with Gasteiger partial charge in [0.05, 0.1) is 6.42 Å². The Kier molecular flexibility index (Phi) is 9.70. The van der Waals surface area contributed by atoms with Crippen LogP contribution in [0.15, 0.2) is 48.5 Å². The normalized spacial score (nSPS) is 13.9. The highest BCUT2D eigenvalue weighted by Gasteiger charge is 2.29. The molecule has 2 amide bonds. The summed E-state index contributed by atoms with van der Waals surface area (Å²) in [4.78, 5) is 36.4. The van der Waals surface area contributed by atoms with Crippen molar-refractivity contribution in [2.45, 2.75) is 76.8 Å². The number of carbonyl (C=O) groups is 3. The summed E-state index contributed by atoms with van der Waals surface area (Å²) in [5, 5.41) is 14.8. The lowest BCUT2D eigenvalue weighted by molar-refractivity contribution is -0.137. The fraction of sp³-hybridized carbons (Fsp3) is 0.464. The summed E-state index contributed by atoms with van der Waals surface area (Å²) in [7, 11) is 0. The summed E-state index contributed by atoms with van der Waals surface area (Å²) in [6.45, 7) is 4.21. The van der Waals surface area contributed by atoms with Gasteiger partial charge < -0.3 is 20.5 Å². The van der Waals surface area contributed by atoms with Crippen molar-refractivity contribution in [1.29, 1.82) is 0 Å². The van der Waals surface area contributed by atoms with E-state index in [1.807, 2.05) is 31.2 Å². The van der Waals surface area contributed by atoms with Gasteiger partial charge in [-0.15, -0.1) is 0 Å². The van der Waals surface area contributed by atoms with Gasteiger partial charge in [0.15, 0.2) is 0 Å². The average Bonchev–Trinajstić information content (AvgIpc) is 3.14. The fourth-order valence-electron chi connectivity index (χ4n) is 4.78. The number of nitrogens with one attached hydrogen (secondary N) is 2. The molecule has 7 heteroatoms. The first-order valence-electron chi connectivity index (χ1n) is 12.6. The first-order valence-corrected chi connectivity index (χ1v) is 12.6. The minimum Gasteiger partial charge on any atom is -0.481 e. The number of carbonyl (C=O) groups excluding carboxylic acids is 2. The number of ether oxygens (including phenoxy) is 1. The second-order valence-corrected chi connectivity index (χ2v) is 9.16. The third kappa shape index (κ3) is 7.31. The SMILES string of the molecule is CCCC[C@@H](CC(=O)NC(CCC)CC(=O)O)NC(=O)OCC1c2ccccc2-c2ccccc21. The molecule has 0 aromatic heterocycles. The molecule has 188 valence electrons.